The maximum atomic E-state index is 12.9. The van der Waals surface area contributed by atoms with E-state index in [-0.39, 0.29) is 11.9 Å². The number of methoxy groups -OCH3 is 2. The molecule has 0 fully saturated rings. The Morgan fingerprint density at radius 3 is 2.62 bits per heavy atom. The van der Waals surface area contributed by atoms with Crippen LogP contribution >= 0.6 is 0 Å². The minimum Gasteiger partial charge on any atom is -0.497 e. The van der Waals surface area contributed by atoms with Crippen molar-refractivity contribution in [1.82, 2.24) is 0 Å². The standard InChI is InChI=1S/C23H25NO5/c1-15-13-17-7-5-6-8-20(17)24(15)23(26)16(2)29-22(25)12-9-18-14-19(27-3)10-11-21(18)28-4/h5-12,14-16H,13H2,1-4H3/b12-9+/t15-,16+/m0/s1. The van der Waals surface area contributed by atoms with Crippen molar-refractivity contribution in [2.24, 2.45) is 0 Å². The van der Waals surface area contributed by atoms with Gasteiger partial charge < -0.3 is 19.1 Å². The zero-order chi connectivity index (χ0) is 21.0. The molecule has 3 rings (SSSR count). The van der Waals surface area contributed by atoms with Crippen LogP contribution in [0.15, 0.2) is 48.5 Å². The molecular formula is C23H25NO5. The van der Waals surface area contributed by atoms with Gasteiger partial charge in [0.05, 0.1) is 14.2 Å². The predicted molar refractivity (Wildman–Crippen MR) is 111 cm³/mol. The van der Waals surface area contributed by atoms with E-state index in [1.54, 1.807) is 50.3 Å². The molecule has 1 amide bonds. The fourth-order valence-electron chi connectivity index (χ4n) is 3.49. The molecule has 0 N–H and O–H groups in total. The third kappa shape index (κ3) is 4.42. The van der Waals surface area contributed by atoms with Gasteiger partial charge in [0.25, 0.3) is 5.91 Å². The van der Waals surface area contributed by atoms with E-state index in [0.717, 1.165) is 17.7 Å². The van der Waals surface area contributed by atoms with Gasteiger partial charge >= 0.3 is 5.97 Å². The Hall–Kier alpha value is -3.28. The molecule has 2 aromatic rings. The molecule has 0 saturated heterocycles. The highest BCUT2D eigenvalue weighted by Gasteiger charge is 2.34. The summed E-state index contributed by atoms with van der Waals surface area (Å²) in [5.41, 5.74) is 2.67. The highest BCUT2D eigenvalue weighted by Crippen LogP contribution is 2.32. The van der Waals surface area contributed by atoms with Crippen molar-refractivity contribution < 1.29 is 23.8 Å². The quantitative estimate of drug-likeness (QED) is 0.552. The van der Waals surface area contributed by atoms with Crippen LogP contribution in [0.4, 0.5) is 5.69 Å². The van der Waals surface area contributed by atoms with Gasteiger partial charge in [0, 0.05) is 23.4 Å². The van der Waals surface area contributed by atoms with Gasteiger partial charge in [0.15, 0.2) is 6.10 Å². The molecule has 0 bridgehead atoms. The van der Waals surface area contributed by atoms with Crippen LogP contribution in [0.5, 0.6) is 11.5 Å². The minimum atomic E-state index is -0.895. The molecule has 0 unspecified atom stereocenters. The zero-order valence-corrected chi connectivity index (χ0v) is 17.0. The number of nitrogens with zero attached hydrogens (tertiary/aromatic N) is 1. The first kappa shape index (κ1) is 20.5. The average molecular weight is 395 g/mol. The Morgan fingerprint density at radius 1 is 1.14 bits per heavy atom. The van der Waals surface area contributed by atoms with Crippen LogP contribution in [0.25, 0.3) is 6.08 Å². The summed E-state index contributed by atoms with van der Waals surface area (Å²) in [5, 5.41) is 0. The summed E-state index contributed by atoms with van der Waals surface area (Å²) in [7, 11) is 3.11. The molecule has 6 heteroatoms. The molecule has 29 heavy (non-hydrogen) atoms. The number of anilines is 1. The van der Waals surface area contributed by atoms with Crippen LogP contribution < -0.4 is 14.4 Å². The van der Waals surface area contributed by atoms with Gasteiger partial charge in [-0.15, -0.1) is 0 Å². The number of hydrogen-bond donors (Lipinski definition) is 0. The number of esters is 1. The monoisotopic (exact) mass is 395 g/mol. The lowest BCUT2D eigenvalue weighted by Crippen LogP contribution is -2.43. The van der Waals surface area contributed by atoms with E-state index in [1.165, 1.54) is 6.08 Å². The van der Waals surface area contributed by atoms with Crippen LogP contribution in [0.2, 0.25) is 0 Å². The molecule has 2 aromatic carbocycles. The van der Waals surface area contributed by atoms with E-state index in [1.807, 2.05) is 31.2 Å². The van der Waals surface area contributed by atoms with Gasteiger partial charge in [-0.05, 0) is 56.2 Å². The van der Waals surface area contributed by atoms with E-state index >= 15 is 0 Å². The van der Waals surface area contributed by atoms with E-state index < -0.39 is 12.1 Å². The molecule has 0 aliphatic carbocycles. The third-order valence-electron chi connectivity index (χ3n) is 4.92. The maximum absolute atomic E-state index is 12.9. The Labute approximate surface area is 170 Å². The van der Waals surface area contributed by atoms with Crippen molar-refractivity contribution in [3.63, 3.8) is 0 Å². The largest absolute Gasteiger partial charge is 0.497 e. The van der Waals surface area contributed by atoms with Gasteiger partial charge in [-0.3, -0.25) is 4.79 Å². The molecular weight excluding hydrogens is 370 g/mol. The Kier molecular flexibility index (Phi) is 6.22. The highest BCUT2D eigenvalue weighted by atomic mass is 16.5. The van der Waals surface area contributed by atoms with Crippen LogP contribution in [0.1, 0.15) is 25.0 Å². The molecule has 1 heterocycles. The summed E-state index contributed by atoms with van der Waals surface area (Å²) in [6.07, 6.45) is 2.75. The van der Waals surface area contributed by atoms with Crippen molar-refractivity contribution in [3.8, 4) is 11.5 Å². The summed E-state index contributed by atoms with van der Waals surface area (Å²) in [5.74, 6) is 0.407. The Balaban J connectivity index is 1.68. The number of amides is 1. The molecule has 0 aromatic heterocycles. The molecule has 152 valence electrons. The number of benzene rings is 2. The third-order valence-corrected chi connectivity index (χ3v) is 4.92. The topological polar surface area (TPSA) is 65.1 Å². The average Bonchev–Trinajstić information content (AvgIpc) is 3.06. The number of rotatable bonds is 6. The predicted octanol–water partition coefficient (Wildman–Crippen LogP) is 3.63. The molecule has 0 spiro atoms. The first-order valence-electron chi connectivity index (χ1n) is 9.46. The number of carbonyl (C=O) groups is 2. The second-order valence-electron chi connectivity index (χ2n) is 6.91. The highest BCUT2D eigenvalue weighted by molar-refractivity contribution is 6.00. The lowest BCUT2D eigenvalue weighted by Gasteiger charge is -2.25. The van der Waals surface area contributed by atoms with Gasteiger partial charge in [0.1, 0.15) is 11.5 Å². The van der Waals surface area contributed by atoms with Crippen LogP contribution in [0, 0.1) is 0 Å². The first-order valence-corrected chi connectivity index (χ1v) is 9.46. The van der Waals surface area contributed by atoms with Crippen molar-refractivity contribution in [2.45, 2.75) is 32.4 Å². The van der Waals surface area contributed by atoms with E-state index in [2.05, 4.69) is 0 Å². The zero-order valence-electron chi connectivity index (χ0n) is 17.0. The summed E-state index contributed by atoms with van der Waals surface area (Å²) in [4.78, 5) is 26.9. The van der Waals surface area contributed by atoms with E-state index in [9.17, 15) is 9.59 Å². The number of para-hydroxylation sites is 1. The van der Waals surface area contributed by atoms with Gasteiger partial charge in [0.2, 0.25) is 0 Å². The fraction of sp³-hybridized carbons (Fsp3) is 0.304. The van der Waals surface area contributed by atoms with Crippen LogP contribution in [0.3, 0.4) is 0 Å². The molecule has 0 saturated carbocycles. The molecule has 1 aliphatic heterocycles. The lowest BCUT2D eigenvalue weighted by molar-refractivity contribution is -0.149. The molecule has 1 aliphatic rings. The van der Waals surface area contributed by atoms with Crippen LogP contribution in [-0.4, -0.2) is 38.2 Å². The van der Waals surface area contributed by atoms with Crippen molar-refractivity contribution >= 4 is 23.6 Å². The van der Waals surface area contributed by atoms with E-state index in [0.29, 0.717) is 17.1 Å². The lowest BCUT2D eigenvalue weighted by atomic mass is 10.1. The minimum absolute atomic E-state index is 0.0256. The smallest absolute Gasteiger partial charge is 0.331 e. The van der Waals surface area contributed by atoms with Crippen molar-refractivity contribution in [2.75, 3.05) is 19.1 Å². The maximum Gasteiger partial charge on any atom is 0.331 e. The Bertz CT molecular complexity index is 937. The molecule has 2 atom stereocenters. The van der Waals surface area contributed by atoms with Crippen molar-refractivity contribution in [1.29, 1.82) is 0 Å². The van der Waals surface area contributed by atoms with Gasteiger partial charge in [-0.25, -0.2) is 4.79 Å². The summed E-state index contributed by atoms with van der Waals surface area (Å²) >= 11 is 0. The summed E-state index contributed by atoms with van der Waals surface area (Å²) in [6.45, 7) is 3.58. The SMILES string of the molecule is COc1ccc(OC)c(/C=C/C(=O)O[C@H](C)C(=O)N2c3ccccc3C[C@@H]2C)c1. The Morgan fingerprint density at radius 2 is 1.90 bits per heavy atom. The van der Waals surface area contributed by atoms with Gasteiger partial charge in [-0.2, -0.15) is 0 Å². The van der Waals surface area contributed by atoms with E-state index in [4.69, 9.17) is 14.2 Å². The first-order chi connectivity index (χ1) is 13.9. The second kappa shape index (κ2) is 8.82. The number of ether oxygens (including phenoxy) is 3. The summed E-state index contributed by atoms with van der Waals surface area (Å²) in [6, 6.07) is 13.1. The number of carbonyl (C=O) groups excluding carboxylic acids is 2. The fourth-order valence-corrected chi connectivity index (χ4v) is 3.49. The molecule has 0 radical (unpaired) electrons. The van der Waals surface area contributed by atoms with Crippen molar-refractivity contribution in [3.05, 3.63) is 59.7 Å². The summed E-state index contributed by atoms with van der Waals surface area (Å²) < 4.78 is 15.8. The number of fused-ring (bicyclic) bond motifs is 1. The van der Waals surface area contributed by atoms with Gasteiger partial charge in [-0.1, -0.05) is 18.2 Å². The van der Waals surface area contributed by atoms with Crippen LogP contribution in [-0.2, 0) is 20.7 Å². The number of hydrogen-bond acceptors (Lipinski definition) is 5. The second-order valence-corrected chi connectivity index (χ2v) is 6.91. The molecule has 6 nitrogen and oxygen atoms in total. The normalized spacial score (nSPS) is 16.4.